The third-order valence-corrected chi connectivity index (χ3v) is 7.14. The largest absolute Gasteiger partial charge is 0.334 e. The topological polar surface area (TPSA) is 32.8 Å². The molecule has 0 saturated heterocycles. The third-order valence-electron chi connectivity index (χ3n) is 6.33. The van der Waals surface area contributed by atoms with E-state index in [1.165, 1.54) is 30.7 Å². The summed E-state index contributed by atoms with van der Waals surface area (Å²) in [5, 5.41) is 3.62. The van der Waals surface area contributed by atoms with Gasteiger partial charge in [-0.3, -0.25) is 0 Å². The molecule has 25 heavy (non-hydrogen) atoms. The van der Waals surface area contributed by atoms with Gasteiger partial charge in [-0.15, -0.1) is 0 Å². The number of aromatic nitrogens is 2. The first-order valence-electron chi connectivity index (χ1n) is 9.09. The van der Waals surface area contributed by atoms with Crippen molar-refractivity contribution in [2.24, 2.45) is 0 Å². The van der Waals surface area contributed by atoms with Crippen molar-refractivity contribution in [2.75, 3.05) is 6.54 Å². The van der Waals surface area contributed by atoms with E-state index in [9.17, 15) is 4.39 Å². The second kappa shape index (κ2) is 5.76. The van der Waals surface area contributed by atoms with Gasteiger partial charge < -0.3 is 14.9 Å². The smallest absolute Gasteiger partial charge is 0.177 e. The van der Waals surface area contributed by atoms with E-state index in [4.69, 9.17) is 12.2 Å². The quantitative estimate of drug-likeness (QED) is 0.692. The molecule has 2 fully saturated rings. The lowest BCUT2D eigenvalue weighted by Crippen LogP contribution is -2.36. The van der Waals surface area contributed by atoms with Crippen molar-refractivity contribution < 1.29 is 4.39 Å². The standard InChI is InChI=1S/C19H21BrFN3S/c20-11-4-5-15(21)13(8-11)19-9-14(19)17-16(23-18(25)24(17)10-19)6-7-22-12-2-1-3-12/h4-5,8,12,14,22H,1-3,6-7,9-10H2,(H,23,25)/t14-,19+/m0/s1. The van der Waals surface area contributed by atoms with Crippen LogP contribution in [0.25, 0.3) is 0 Å². The van der Waals surface area contributed by atoms with Gasteiger partial charge in [-0.2, -0.15) is 0 Å². The Balaban J connectivity index is 1.41. The second-order valence-electron chi connectivity index (χ2n) is 7.75. The van der Waals surface area contributed by atoms with Gasteiger partial charge in [-0.25, -0.2) is 4.39 Å². The van der Waals surface area contributed by atoms with E-state index in [-0.39, 0.29) is 11.2 Å². The first-order chi connectivity index (χ1) is 12.1. The molecule has 1 aromatic carbocycles. The van der Waals surface area contributed by atoms with Gasteiger partial charge in [-0.05, 0) is 55.2 Å². The number of fused-ring (bicyclic) bond motifs is 3. The Morgan fingerprint density at radius 3 is 3.00 bits per heavy atom. The molecule has 2 aliphatic carbocycles. The summed E-state index contributed by atoms with van der Waals surface area (Å²) < 4.78 is 18.4. The number of halogens is 2. The predicted molar refractivity (Wildman–Crippen MR) is 102 cm³/mol. The number of rotatable bonds is 5. The van der Waals surface area contributed by atoms with Gasteiger partial charge in [0.15, 0.2) is 4.77 Å². The van der Waals surface area contributed by atoms with E-state index in [1.807, 2.05) is 6.07 Å². The minimum Gasteiger partial charge on any atom is -0.334 e. The monoisotopic (exact) mass is 421 g/mol. The second-order valence-corrected chi connectivity index (χ2v) is 9.05. The first kappa shape index (κ1) is 16.2. The number of imidazole rings is 1. The van der Waals surface area contributed by atoms with E-state index in [1.54, 1.807) is 12.1 Å². The van der Waals surface area contributed by atoms with E-state index in [2.05, 4.69) is 30.8 Å². The van der Waals surface area contributed by atoms with Crippen LogP contribution in [0.15, 0.2) is 22.7 Å². The van der Waals surface area contributed by atoms with Crippen LogP contribution in [-0.2, 0) is 18.4 Å². The van der Waals surface area contributed by atoms with Crippen LogP contribution in [0.4, 0.5) is 4.39 Å². The SMILES string of the molecule is Fc1ccc(Br)cc1[C@]12C[C@H]1c1c(CCNC3CCC3)[nH]c(=S)n1C2. The molecule has 2 heterocycles. The van der Waals surface area contributed by atoms with E-state index < -0.39 is 0 Å². The summed E-state index contributed by atoms with van der Waals surface area (Å²) in [6.07, 6.45) is 5.95. The maximum atomic E-state index is 14.5. The highest BCUT2D eigenvalue weighted by atomic mass is 79.9. The molecule has 1 aliphatic heterocycles. The average molecular weight is 422 g/mol. The summed E-state index contributed by atoms with van der Waals surface area (Å²) in [5.41, 5.74) is 3.31. The fourth-order valence-electron chi connectivity index (χ4n) is 4.68. The number of hydrogen-bond acceptors (Lipinski definition) is 2. The molecule has 2 N–H and O–H groups in total. The summed E-state index contributed by atoms with van der Waals surface area (Å²) in [5.74, 6) is 0.294. The highest BCUT2D eigenvalue weighted by molar-refractivity contribution is 9.10. The van der Waals surface area contributed by atoms with Gasteiger partial charge in [0.25, 0.3) is 0 Å². The average Bonchev–Trinajstić information content (AvgIpc) is 3.04. The molecule has 3 nitrogen and oxygen atoms in total. The van der Waals surface area contributed by atoms with Crippen LogP contribution in [0.2, 0.25) is 0 Å². The van der Waals surface area contributed by atoms with E-state index >= 15 is 0 Å². The highest BCUT2D eigenvalue weighted by Crippen LogP contribution is 2.66. The van der Waals surface area contributed by atoms with Crippen molar-refractivity contribution in [1.29, 1.82) is 0 Å². The molecule has 0 radical (unpaired) electrons. The maximum Gasteiger partial charge on any atom is 0.177 e. The van der Waals surface area contributed by atoms with Crippen molar-refractivity contribution in [3.8, 4) is 0 Å². The number of benzene rings is 1. The molecule has 132 valence electrons. The number of H-pyrrole nitrogens is 1. The number of nitrogens with zero attached hydrogens (tertiary/aromatic N) is 1. The minimum absolute atomic E-state index is 0.0952. The van der Waals surface area contributed by atoms with Crippen molar-refractivity contribution in [3.63, 3.8) is 0 Å². The molecule has 2 saturated carbocycles. The zero-order valence-corrected chi connectivity index (χ0v) is 16.4. The Morgan fingerprint density at radius 2 is 2.24 bits per heavy atom. The van der Waals surface area contributed by atoms with Crippen LogP contribution >= 0.6 is 28.1 Å². The van der Waals surface area contributed by atoms with Crippen LogP contribution in [0, 0.1) is 10.6 Å². The van der Waals surface area contributed by atoms with Crippen molar-refractivity contribution in [3.05, 3.63) is 50.2 Å². The van der Waals surface area contributed by atoms with Crippen molar-refractivity contribution in [2.45, 2.75) is 56.0 Å². The molecule has 0 spiro atoms. The summed E-state index contributed by atoms with van der Waals surface area (Å²) in [4.78, 5) is 3.41. The fraction of sp³-hybridized carbons (Fsp3) is 0.526. The van der Waals surface area contributed by atoms with Gasteiger partial charge in [0.1, 0.15) is 5.82 Å². The molecular formula is C19H21BrFN3S. The lowest BCUT2D eigenvalue weighted by atomic mass is 9.93. The van der Waals surface area contributed by atoms with Crippen molar-refractivity contribution >= 4 is 28.1 Å². The molecule has 2 aromatic rings. The third kappa shape index (κ3) is 2.48. The lowest BCUT2D eigenvalue weighted by molar-refractivity contribution is 0.341. The zero-order chi connectivity index (χ0) is 17.2. The Bertz CT molecular complexity index is 901. The normalized spacial score (nSPS) is 27.0. The Labute approximate surface area is 160 Å². The Hall–Kier alpha value is -0.980. The number of nitrogens with one attached hydrogen (secondary N) is 2. The van der Waals surface area contributed by atoms with Gasteiger partial charge in [-0.1, -0.05) is 22.4 Å². The number of hydrogen-bond donors (Lipinski definition) is 2. The van der Waals surface area contributed by atoms with Gasteiger partial charge in [0.2, 0.25) is 0 Å². The summed E-state index contributed by atoms with van der Waals surface area (Å²) in [6, 6.07) is 5.99. The van der Waals surface area contributed by atoms with Gasteiger partial charge in [0, 0.05) is 52.7 Å². The van der Waals surface area contributed by atoms with E-state index in [0.717, 1.165) is 40.7 Å². The molecule has 0 bridgehead atoms. The predicted octanol–water partition coefficient (Wildman–Crippen LogP) is 4.57. The summed E-state index contributed by atoms with van der Waals surface area (Å²) in [7, 11) is 0. The van der Waals surface area contributed by atoms with E-state index in [0.29, 0.717) is 12.0 Å². The molecule has 0 amide bonds. The maximum absolute atomic E-state index is 14.5. The molecule has 3 aliphatic rings. The molecule has 2 atom stereocenters. The Morgan fingerprint density at radius 1 is 1.40 bits per heavy atom. The van der Waals surface area contributed by atoms with Crippen LogP contribution in [-0.4, -0.2) is 22.1 Å². The fourth-order valence-corrected chi connectivity index (χ4v) is 5.32. The molecular weight excluding hydrogens is 401 g/mol. The molecule has 0 unspecified atom stereocenters. The summed E-state index contributed by atoms with van der Waals surface area (Å²) >= 11 is 9.04. The first-order valence-corrected chi connectivity index (χ1v) is 10.3. The molecule has 5 rings (SSSR count). The lowest BCUT2D eigenvalue weighted by Gasteiger charge is -2.26. The van der Waals surface area contributed by atoms with Gasteiger partial charge in [0.05, 0.1) is 0 Å². The van der Waals surface area contributed by atoms with Crippen LogP contribution in [0.1, 0.15) is 48.6 Å². The van der Waals surface area contributed by atoms with Crippen LogP contribution in [0.3, 0.4) is 0 Å². The molecule has 6 heteroatoms. The highest BCUT2D eigenvalue weighted by Gasteiger charge is 2.63. The number of aromatic amines is 1. The van der Waals surface area contributed by atoms with Crippen LogP contribution < -0.4 is 5.32 Å². The van der Waals surface area contributed by atoms with Crippen LogP contribution in [0.5, 0.6) is 0 Å². The molecule has 1 aromatic heterocycles. The zero-order valence-electron chi connectivity index (χ0n) is 13.9. The minimum atomic E-state index is -0.0976. The van der Waals surface area contributed by atoms with Gasteiger partial charge >= 0.3 is 0 Å². The Kier molecular flexibility index (Phi) is 3.74. The van der Waals surface area contributed by atoms with Crippen molar-refractivity contribution in [1.82, 2.24) is 14.9 Å². The summed E-state index contributed by atoms with van der Waals surface area (Å²) in [6.45, 7) is 1.78.